The molecule has 2 aliphatic heterocycles. The summed E-state index contributed by atoms with van der Waals surface area (Å²) in [7, 11) is 1.68. The zero-order chi connectivity index (χ0) is 14.0. The molecule has 4 nitrogen and oxygen atoms in total. The summed E-state index contributed by atoms with van der Waals surface area (Å²) in [6.45, 7) is 6.15. The van der Waals surface area contributed by atoms with Gasteiger partial charge in [0.05, 0.1) is 13.2 Å². The van der Waals surface area contributed by atoms with Crippen LogP contribution in [-0.2, 0) is 11.3 Å². The quantitative estimate of drug-likeness (QED) is 0.831. The summed E-state index contributed by atoms with van der Waals surface area (Å²) >= 11 is 2.09. The van der Waals surface area contributed by atoms with E-state index in [4.69, 9.17) is 9.47 Å². The van der Waals surface area contributed by atoms with Gasteiger partial charge in [-0.1, -0.05) is 6.07 Å². The number of hydrogen-bond acceptors (Lipinski definition) is 5. The first-order chi connectivity index (χ1) is 9.74. The molecular formula is C15H22N2O2S. The molecule has 0 bridgehead atoms. The summed E-state index contributed by atoms with van der Waals surface area (Å²) in [4.78, 5) is 6.73. The number of aromatic nitrogens is 1. The third-order valence-corrected chi connectivity index (χ3v) is 5.61. The molecule has 20 heavy (non-hydrogen) atoms. The molecule has 1 aromatic rings. The van der Waals surface area contributed by atoms with E-state index in [9.17, 15) is 0 Å². The van der Waals surface area contributed by atoms with Gasteiger partial charge in [-0.2, -0.15) is 0 Å². The van der Waals surface area contributed by atoms with Crippen molar-refractivity contribution in [3.63, 3.8) is 0 Å². The minimum absolute atomic E-state index is 0.440. The maximum atomic E-state index is 5.75. The van der Waals surface area contributed by atoms with Crippen LogP contribution >= 0.6 is 11.8 Å². The van der Waals surface area contributed by atoms with Gasteiger partial charge in [-0.15, -0.1) is 11.8 Å². The number of pyridine rings is 1. The van der Waals surface area contributed by atoms with Crippen LogP contribution in [0, 0.1) is 0 Å². The molecule has 0 radical (unpaired) electrons. The van der Waals surface area contributed by atoms with E-state index in [-0.39, 0.29) is 0 Å². The molecule has 0 N–H and O–H groups in total. The summed E-state index contributed by atoms with van der Waals surface area (Å²) in [5.41, 5.74) is 1.18. The summed E-state index contributed by atoms with van der Waals surface area (Å²) in [5.74, 6) is 1.90. The van der Waals surface area contributed by atoms with Crippen LogP contribution in [0.4, 0.5) is 0 Å². The van der Waals surface area contributed by atoms with E-state index in [1.807, 2.05) is 6.07 Å². The standard InChI is InChI=1S/C15H22N2O2S/c1-3-19-13-7-15(20-9-13)10-17(11-15)8-12-5-4-6-16-14(12)18-2/h4-6,13H,3,7-11H2,1-2H3/t13-/m0/s1. The molecule has 0 unspecified atom stereocenters. The van der Waals surface area contributed by atoms with Crippen molar-refractivity contribution in [2.45, 2.75) is 30.7 Å². The molecule has 0 aliphatic carbocycles. The largest absolute Gasteiger partial charge is 0.481 e. The van der Waals surface area contributed by atoms with Crippen molar-refractivity contribution < 1.29 is 9.47 Å². The highest BCUT2D eigenvalue weighted by Gasteiger charge is 2.49. The number of rotatable bonds is 5. The maximum Gasteiger partial charge on any atom is 0.217 e. The van der Waals surface area contributed by atoms with E-state index in [2.05, 4.69) is 34.6 Å². The third-order valence-electron chi connectivity index (χ3n) is 4.04. The van der Waals surface area contributed by atoms with Crippen LogP contribution in [0.5, 0.6) is 5.88 Å². The fourth-order valence-electron chi connectivity index (χ4n) is 3.22. The minimum atomic E-state index is 0.440. The van der Waals surface area contributed by atoms with Crippen molar-refractivity contribution in [3.8, 4) is 5.88 Å². The SMILES string of the molecule is CCO[C@@H]1CSC2(C1)CN(Cc1cccnc1OC)C2. The fourth-order valence-corrected chi connectivity index (χ4v) is 4.82. The summed E-state index contributed by atoms with van der Waals surface area (Å²) in [6, 6.07) is 4.07. The first kappa shape index (κ1) is 14.2. The average Bonchev–Trinajstić information content (AvgIpc) is 2.83. The Morgan fingerprint density at radius 3 is 3.10 bits per heavy atom. The first-order valence-corrected chi connectivity index (χ1v) is 8.19. The third kappa shape index (κ3) is 2.80. The van der Waals surface area contributed by atoms with Gasteiger partial charge in [-0.3, -0.25) is 4.90 Å². The Hall–Kier alpha value is -0.780. The highest BCUT2D eigenvalue weighted by atomic mass is 32.2. The van der Waals surface area contributed by atoms with Gasteiger partial charge in [0.25, 0.3) is 0 Å². The van der Waals surface area contributed by atoms with Crippen LogP contribution in [0.25, 0.3) is 0 Å². The first-order valence-electron chi connectivity index (χ1n) is 7.20. The molecule has 1 spiro atoms. The molecule has 1 atom stereocenters. The van der Waals surface area contributed by atoms with E-state index in [0.29, 0.717) is 10.9 Å². The number of hydrogen-bond donors (Lipinski definition) is 0. The van der Waals surface area contributed by atoms with Gasteiger partial charge >= 0.3 is 0 Å². The van der Waals surface area contributed by atoms with E-state index in [0.717, 1.165) is 37.9 Å². The average molecular weight is 294 g/mol. The van der Waals surface area contributed by atoms with E-state index < -0.39 is 0 Å². The predicted molar refractivity (Wildman–Crippen MR) is 81.3 cm³/mol. The molecule has 110 valence electrons. The van der Waals surface area contributed by atoms with Crippen molar-refractivity contribution in [2.75, 3.05) is 32.6 Å². The molecule has 3 heterocycles. The maximum absolute atomic E-state index is 5.75. The summed E-state index contributed by atoms with van der Waals surface area (Å²) in [5, 5.41) is 0. The lowest BCUT2D eigenvalue weighted by atomic mass is 9.92. The van der Waals surface area contributed by atoms with E-state index in [1.54, 1.807) is 13.3 Å². The fraction of sp³-hybridized carbons (Fsp3) is 0.667. The second-order valence-corrected chi connectivity index (χ2v) is 7.08. The van der Waals surface area contributed by atoms with Crippen molar-refractivity contribution in [2.24, 2.45) is 0 Å². The summed E-state index contributed by atoms with van der Waals surface area (Å²) < 4.78 is 11.5. The predicted octanol–water partition coefficient (Wildman–Crippen LogP) is 2.19. The van der Waals surface area contributed by atoms with Gasteiger partial charge in [0.2, 0.25) is 5.88 Å². The smallest absolute Gasteiger partial charge is 0.217 e. The number of likely N-dealkylation sites (tertiary alicyclic amines) is 1. The lowest BCUT2D eigenvalue weighted by molar-refractivity contribution is 0.0414. The van der Waals surface area contributed by atoms with Gasteiger partial charge in [0.1, 0.15) is 0 Å². The zero-order valence-corrected chi connectivity index (χ0v) is 13.0. The lowest BCUT2D eigenvalue weighted by Crippen LogP contribution is -2.58. The molecule has 0 saturated carbocycles. The Balaban J connectivity index is 1.54. The highest BCUT2D eigenvalue weighted by Crippen LogP contribution is 2.46. The molecule has 3 rings (SSSR count). The Labute approximate surface area is 124 Å². The monoisotopic (exact) mass is 294 g/mol. The van der Waals surface area contributed by atoms with Crippen molar-refractivity contribution in [1.82, 2.24) is 9.88 Å². The van der Waals surface area contributed by atoms with Gasteiger partial charge in [0, 0.05) is 48.5 Å². The number of thioether (sulfide) groups is 1. The van der Waals surface area contributed by atoms with Crippen molar-refractivity contribution >= 4 is 11.8 Å². The minimum Gasteiger partial charge on any atom is -0.481 e. The molecule has 2 saturated heterocycles. The second kappa shape index (κ2) is 5.92. The second-order valence-electron chi connectivity index (χ2n) is 5.59. The van der Waals surface area contributed by atoms with E-state index in [1.165, 1.54) is 12.0 Å². The lowest BCUT2D eigenvalue weighted by Gasteiger charge is -2.47. The number of nitrogens with zero attached hydrogens (tertiary/aromatic N) is 2. The normalized spacial score (nSPS) is 24.8. The van der Waals surface area contributed by atoms with Gasteiger partial charge in [0.15, 0.2) is 0 Å². The Morgan fingerprint density at radius 2 is 2.35 bits per heavy atom. The van der Waals surface area contributed by atoms with Crippen LogP contribution in [0.2, 0.25) is 0 Å². The van der Waals surface area contributed by atoms with Crippen LogP contribution in [0.15, 0.2) is 18.3 Å². The Kier molecular flexibility index (Phi) is 4.19. The van der Waals surface area contributed by atoms with Crippen LogP contribution < -0.4 is 4.74 Å². The van der Waals surface area contributed by atoms with E-state index >= 15 is 0 Å². The molecule has 2 fully saturated rings. The Bertz CT molecular complexity index is 463. The zero-order valence-electron chi connectivity index (χ0n) is 12.2. The van der Waals surface area contributed by atoms with Crippen molar-refractivity contribution in [3.05, 3.63) is 23.9 Å². The Morgan fingerprint density at radius 1 is 1.50 bits per heavy atom. The topological polar surface area (TPSA) is 34.6 Å². The highest BCUT2D eigenvalue weighted by molar-refractivity contribution is 8.01. The molecule has 0 aromatic carbocycles. The molecule has 5 heteroatoms. The molecule has 1 aromatic heterocycles. The van der Waals surface area contributed by atoms with Crippen LogP contribution in [-0.4, -0.2) is 53.3 Å². The van der Waals surface area contributed by atoms with Gasteiger partial charge < -0.3 is 9.47 Å². The molecule has 2 aliphatic rings. The van der Waals surface area contributed by atoms with Crippen LogP contribution in [0.1, 0.15) is 18.9 Å². The molecule has 0 amide bonds. The summed E-state index contributed by atoms with van der Waals surface area (Å²) in [6.07, 6.45) is 3.44. The number of methoxy groups -OCH3 is 1. The number of ether oxygens (including phenoxy) is 2. The van der Waals surface area contributed by atoms with Gasteiger partial charge in [-0.05, 0) is 19.4 Å². The van der Waals surface area contributed by atoms with Gasteiger partial charge in [-0.25, -0.2) is 4.98 Å². The molecular weight excluding hydrogens is 272 g/mol. The van der Waals surface area contributed by atoms with Crippen LogP contribution in [0.3, 0.4) is 0 Å². The van der Waals surface area contributed by atoms with Crippen molar-refractivity contribution in [1.29, 1.82) is 0 Å².